The summed E-state index contributed by atoms with van der Waals surface area (Å²) in [5, 5.41) is 4.03. The van der Waals surface area contributed by atoms with Gasteiger partial charge in [-0.3, -0.25) is 4.79 Å². The van der Waals surface area contributed by atoms with Gasteiger partial charge in [0.05, 0.1) is 5.75 Å². The van der Waals surface area contributed by atoms with Crippen LogP contribution in [0, 0.1) is 0 Å². The number of thioether (sulfide) groups is 1. The second kappa shape index (κ2) is 7.96. The van der Waals surface area contributed by atoms with Crippen molar-refractivity contribution >= 4 is 17.7 Å². The lowest BCUT2D eigenvalue weighted by molar-refractivity contribution is -0.127. The van der Waals surface area contributed by atoms with Gasteiger partial charge in [-0.25, -0.2) is 0 Å². The van der Waals surface area contributed by atoms with E-state index >= 15 is 0 Å². The smallest absolute Gasteiger partial charge is 0.232 e. The predicted octanol–water partition coefficient (Wildman–Crippen LogP) is 1.73. The van der Waals surface area contributed by atoms with Crippen LogP contribution in [-0.4, -0.2) is 48.5 Å². The molecule has 1 heterocycles. The molecule has 1 aliphatic rings. The minimum absolute atomic E-state index is 0.289. The zero-order chi connectivity index (χ0) is 11.8. The molecule has 0 atom stereocenters. The van der Waals surface area contributed by atoms with Crippen LogP contribution in [0.15, 0.2) is 0 Å². The second-order valence-electron chi connectivity index (χ2n) is 4.43. The molecule has 0 aliphatic carbocycles. The van der Waals surface area contributed by atoms with Crippen LogP contribution in [0.25, 0.3) is 0 Å². The number of carbonyl (C=O) groups excluding carboxylic acids is 1. The van der Waals surface area contributed by atoms with Crippen LogP contribution in [0.1, 0.15) is 32.6 Å². The Bertz CT molecular complexity index is 205. The van der Waals surface area contributed by atoms with Crippen LogP contribution < -0.4 is 5.32 Å². The maximum atomic E-state index is 11.8. The van der Waals surface area contributed by atoms with Crippen LogP contribution >= 0.6 is 11.8 Å². The number of carbonyl (C=O) groups is 1. The van der Waals surface area contributed by atoms with Gasteiger partial charge in [0, 0.05) is 18.8 Å². The van der Waals surface area contributed by atoms with Gasteiger partial charge in [0.15, 0.2) is 0 Å². The molecule has 94 valence electrons. The highest BCUT2D eigenvalue weighted by Crippen LogP contribution is 2.20. The van der Waals surface area contributed by atoms with E-state index in [1.807, 2.05) is 23.7 Å². The van der Waals surface area contributed by atoms with Gasteiger partial charge in [-0.15, -0.1) is 11.8 Å². The van der Waals surface area contributed by atoms with Crippen LogP contribution in [0.5, 0.6) is 0 Å². The first-order valence-corrected chi connectivity index (χ1v) is 7.35. The maximum absolute atomic E-state index is 11.8. The SMILES string of the molecule is CCCCN(C)C(=O)CSC1CCNCC1. The van der Waals surface area contributed by atoms with Gasteiger partial charge in [0.2, 0.25) is 5.91 Å². The number of piperidine rings is 1. The number of unbranched alkanes of at least 4 members (excludes halogenated alkanes) is 1. The van der Waals surface area contributed by atoms with E-state index in [1.54, 1.807) is 0 Å². The van der Waals surface area contributed by atoms with Gasteiger partial charge >= 0.3 is 0 Å². The van der Waals surface area contributed by atoms with E-state index in [0.717, 1.165) is 32.5 Å². The summed E-state index contributed by atoms with van der Waals surface area (Å²) in [5.41, 5.74) is 0. The summed E-state index contributed by atoms with van der Waals surface area (Å²) in [4.78, 5) is 13.7. The summed E-state index contributed by atoms with van der Waals surface area (Å²) in [6.07, 6.45) is 4.67. The van der Waals surface area contributed by atoms with Crippen molar-refractivity contribution < 1.29 is 4.79 Å². The summed E-state index contributed by atoms with van der Waals surface area (Å²) < 4.78 is 0. The zero-order valence-electron chi connectivity index (χ0n) is 10.5. The fourth-order valence-electron chi connectivity index (χ4n) is 1.78. The molecular formula is C12H24N2OS. The van der Waals surface area contributed by atoms with Crippen molar-refractivity contribution in [1.82, 2.24) is 10.2 Å². The zero-order valence-corrected chi connectivity index (χ0v) is 11.3. The predicted molar refractivity (Wildman–Crippen MR) is 70.9 cm³/mol. The molecule has 0 bridgehead atoms. The molecule has 3 nitrogen and oxygen atoms in total. The average molecular weight is 244 g/mol. The Morgan fingerprint density at radius 3 is 2.75 bits per heavy atom. The van der Waals surface area contributed by atoms with E-state index in [2.05, 4.69) is 12.2 Å². The molecule has 1 saturated heterocycles. The Morgan fingerprint density at radius 1 is 1.44 bits per heavy atom. The van der Waals surface area contributed by atoms with E-state index in [4.69, 9.17) is 0 Å². The lowest BCUT2D eigenvalue weighted by atomic mass is 10.2. The molecule has 1 fully saturated rings. The Hall–Kier alpha value is -0.220. The number of rotatable bonds is 6. The van der Waals surface area contributed by atoms with Gasteiger partial charge in [-0.05, 0) is 32.4 Å². The summed E-state index contributed by atoms with van der Waals surface area (Å²) in [6.45, 7) is 5.28. The van der Waals surface area contributed by atoms with E-state index in [0.29, 0.717) is 11.0 Å². The van der Waals surface area contributed by atoms with Crippen LogP contribution in [0.2, 0.25) is 0 Å². The van der Waals surface area contributed by atoms with Gasteiger partial charge in [-0.1, -0.05) is 13.3 Å². The molecule has 0 saturated carbocycles. The topological polar surface area (TPSA) is 32.3 Å². The summed E-state index contributed by atoms with van der Waals surface area (Å²) in [7, 11) is 1.92. The first-order valence-electron chi connectivity index (χ1n) is 6.30. The van der Waals surface area contributed by atoms with Gasteiger partial charge in [0.25, 0.3) is 0 Å². The van der Waals surface area contributed by atoms with E-state index in [9.17, 15) is 4.79 Å². The van der Waals surface area contributed by atoms with Gasteiger partial charge < -0.3 is 10.2 Å². The molecule has 0 spiro atoms. The lowest BCUT2D eigenvalue weighted by Gasteiger charge is -2.23. The van der Waals surface area contributed by atoms with Crippen molar-refractivity contribution in [3.63, 3.8) is 0 Å². The van der Waals surface area contributed by atoms with Crippen LogP contribution in [0.3, 0.4) is 0 Å². The van der Waals surface area contributed by atoms with Crippen molar-refractivity contribution in [3.8, 4) is 0 Å². The van der Waals surface area contributed by atoms with E-state index in [1.165, 1.54) is 12.8 Å². The Morgan fingerprint density at radius 2 is 2.12 bits per heavy atom. The molecular weight excluding hydrogens is 220 g/mol. The van der Waals surface area contributed by atoms with E-state index in [-0.39, 0.29) is 5.91 Å². The Labute approximate surface area is 103 Å². The average Bonchev–Trinajstić information content (AvgIpc) is 2.34. The third-order valence-electron chi connectivity index (χ3n) is 3.00. The third kappa shape index (κ3) is 5.21. The fourth-order valence-corrected chi connectivity index (χ4v) is 2.95. The molecule has 4 heteroatoms. The number of nitrogens with zero attached hydrogens (tertiary/aromatic N) is 1. The first-order chi connectivity index (χ1) is 7.74. The monoisotopic (exact) mass is 244 g/mol. The molecule has 0 radical (unpaired) electrons. The lowest BCUT2D eigenvalue weighted by Crippen LogP contribution is -2.32. The maximum Gasteiger partial charge on any atom is 0.232 e. The van der Waals surface area contributed by atoms with Crippen molar-refractivity contribution in [1.29, 1.82) is 0 Å². The molecule has 0 aromatic rings. The van der Waals surface area contributed by atoms with Crippen LogP contribution in [0.4, 0.5) is 0 Å². The van der Waals surface area contributed by atoms with Crippen molar-refractivity contribution in [3.05, 3.63) is 0 Å². The highest BCUT2D eigenvalue weighted by atomic mass is 32.2. The molecule has 1 amide bonds. The summed E-state index contributed by atoms with van der Waals surface area (Å²) in [6, 6.07) is 0. The molecule has 1 N–H and O–H groups in total. The fraction of sp³-hybridized carbons (Fsp3) is 0.917. The summed E-state index contributed by atoms with van der Waals surface area (Å²) in [5.74, 6) is 0.946. The van der Waals surface area contributed by atoms with E-state index < -0.39 is 0 Å². The number of hydrogen-bond acceptors (Lipinski definition) is 3. The number of hydrogen-bond donors (Lipinski definition) is 1. The molecule has 0 unspecified atom stereocenters. The van der Waals surface area contributed by atoms with Gasteiger partial charge in [0.1, 0.15) is 0 Å². The molecule has 1 aliphatic heterocycles. The summed E-state index contributed by atoms with van der Waals surface area (Å²) >= 11 is 1.84. The van der Waals surface area contributed by atoms with Crippen LogP contribution in [-0.2, 0) is 4.79 Å². The second-order valence-corrected chi connectivity index (χ2v) is 5.72. The van der Waals surface area contributed by atoms with Gasteiger partial charge in [-0.2, -0.15) is 0 Å². The molecule has 0 aromatic heterocycles. The number of amides is 1. The standard InChI is InChI=1S/C12H24N2OS/c1-3-4-9-14(2)12(15)10-16-11-5-7-13-8-6-11/h11,13H,3-10H2,1-2H3. The normalized spacial score (nSPS) is 17.4. The number of nitrogens with one attached hydrogen (secondary N) is 1. The first kappa shape index (κ1) is 13.8. The highest BCUT2D eigenvalue weighted by molar-refractivity contribution is 8.00. The van der Waals surface area contributed by atoms with Crippen molar-refractivity contribution in [2.45, 2.75) is 37.9 Å². The third-order valence-corrected chi connectivity index (χ3v) is 4.36. The highest BCUT2D eigenvalue weighted by Gasteiger charge is 2.16. The molecule has 0 aromatic carbocycles. The quantitative estimate of drug-likeness (QED) is 0.772. The molecule has 1 rings (SSSR count). The minimum atomic E-state index is 0.289. The Balaban J connectivity index is 2.12. The molecule has 16 heavy (non-hydrogen) atoms. The minimum Gasteiger partial charge on any atom is -0.345 e. The van der Waals surface area contributed by atoms with Crippen molar-refractivity contribution in [2.75, 3.05) is 32.4 Å². The Kier molecular flexibility index (Phi) is 6.88. The van der Waals surface area contributed by atoms with Crippen molar-refractivity contribution in [2.24, 2.45) is 0 Å². The largest absolute Gasteiger partial charge is 0.345 e.